The summed E-state index contributed by atoms with van der Waals surface area (Å²) < 4.78 is 5.33. The first-order chi connectivity index (χ1) is 11.3. The minimum atomic E-state index is -0.0466. The van der Waals surface area contributed by atoms with Crippen LogP contribution >= 0.6 is 11.3 Å². The Labute approximate surface area is 136 Å². The molecule has 3 aromatic heterocycles. The van der Waals surface area contributed by atoms with Gasteiger partial charge in [0.2, 0.25) is 0 Å². The second-order valence-corrected chi connectivity index (χ2v) is 6.20. The van der Waals surface area contributed by atoms with E-state index < -0.39 is 0 Å². The molecule has 0 N–H and O–H groups in total. The van der Waals surface area contributed by atoms with Crippen molar-refractivity contribution in [3.05, 3.63) is 52.7 Å². The minimum Gasteiger partial charge on any atom is -0.337 e. The zero-order chi connectivity index (χ0) is 15.6. The number of nitrogens with zero attached hydrogens (tertiary/aromatic N) is 4. The maximum Gasteiger partial charge on any atom is 0.272 e. The van der Waals surface area contributed by atoms with Crippen LogP contribution in [0.4, 0.5) is 0 Å². The van der Waals surface area contributed by atoms with Gasteiger partial charge >= 0.3 is 0 Å². The van der Waals surface area contributed by atoms with Crippen LogP contribution < -0.4 is 0 Å². The number of aromatic nitrogens is 3. The second kappa shape index (κ2) is 5.92. The number of likely N-dealkylation sites (tertiary alicyclic amines) is 1. The van der Waals surface area contributed by atoms with Crippen molar-refractivity contribution in [3.63, 3.8) is 0 Å². The van der Waals surface area contributed by atoms with Crippen LogP contribution in [0, 0.1) is 0 Å². The standard InChI is InChI=1S/C16H14N4O2S/c21-16(13-3-1-2-6-17-13)20-7-4-11(9-20)14-18-15(22-19-14)12-5-8-23-10-12/h1-3,5-6,8,10-11H,4,7,9H2/t11-/m0/s1. The Morgan fingerprint density at radius 3 is 3.09 bits per heavy atom. The van der Waals surface area contributed by atoms with Crippen molar-refractivity contribution >= 4 is 17.2 Å². The first-order valence-corrected chi connectivity index (χ1v) is 8.32. The van der Waals surface area contributed by atoms with Crippen LogP contribution in [0.2, 0.25) is 0 Å². The van der Waals surface area contributed by atoms with Crippen molar-refractivity contribution in [2.75, 3.05) is 13.1 Å². The Balaban J connectivity index is 1.47. The number of hydrogen-bond acceptors (Lipinski definition) is 6. The van der Waals surface area contributed by atoms with Gasteiger partial charge in [-0.1, -0.05) is 11.2 Å². The Morgan fingerprint density at radius 2 is 2.30 bits per heavy atom. The van der Waals surface area contributed by atoms with E-state index in [9.17, 15) is 4.79 Å². The van der Waals surface area contributed by atoms with Gasteiger partial charge in [-0.2, -0.15) is 16.3 Å². The van der Waals surface area contributed by atoms with Crippen LogP contribution in [0.5, 0.6) is 0 Å². The van der Waals surface area contributed by atoms with Crippen LogP contribution in [0.1, 0.15) is 28.7 Å². The van der Waals surface area contributed by atoms with E-state index in [0.29, 0.717) is 30.5 Å². The number of amides is 1. The lowest BCUT2D eigenvalue weighted by molar-refractivity contribution is 0.0784. The molecule has 0 unspecified atom stereocenters. The van der Waals surface area contributed by atoms with Gasteiger partial charge in [0.25, 0.3) is 11.8 Å². The Kier molecular flexibility index (Phi) is 3.63. The van der Waals surface area contributed by atoms with E-state index in [2.05, 4.69) is 15.1 Å². The summed E-state index contributed by atoms with van der Waals surface area (Å²) in [4.78, 5) is 22.8. The zero-order valence-corrected chi connectivity index (χ0v) is 13.1. The summed E-state index contributed by atoms with van der Waals surface area (Å²) in [6.45, 7) is 1.28. The summed E-state index contributed by atoms with van der Waals surface area (Å²) in [6.07, 6.45) is 2.47. The van der Waals surface area contributed by atoms with Gasteiger partial charge in [-0.05, 0) is 30.0 Å². The number of carbonyl (C=O) groups is 1. The fraction of sp³-hybridized carbons (Fsp3) is 0.250. The minimum absolute atomic E-state index is 0.0466. The lowest BCUT2D eigenvalue weighted by atomic mass is 10.1. The highest BCUT2D eigenvalue weighted by Gasteiger charge is 2.31. The van der Waals surface area contributed by atoms with Crippen molar-refractivity contribution in [1.29, 1.82) is 0 Å². The van der Waals surface area contributed by atoms with Gasteiger partial charge in [0, 0.05) is 30.6 Å². The highest BCUT2D eigenvalue weighted by molar-refractivity contribution is 7.08. The molecular weight excluding hydrogens is 312 g/mol. The van der Waals surface area contributed by atoms with Gasteiger partial charge in [-0.3, -0.25) is 9.78 Å². The first kappa shape index (κ1) is 14.1. The van der Waals surface area contributed by atoms with Gasteiger partial charge in [-0.15, -0.1) is 0 Å². The Morgan fingerprint density at radius 1 is 1.35 bits per heavy atom. The zero-order valence-electron chi connectivity index (χ0n) is 12.3. The predicted octanol–water partition coefficient (Wildman–Crippen LogP) is 2.82. The molecule has 0 bridgehead atoms. The second-order valence-electron chi connectivity index (χ2n) is 5.42. The van der Waals surface area contributed by atoms with E-state index >= 15 is 0 Å². The average molecular weight is 326 g/mol. The van der Waals surface area contributed by atoms with Crippen molar-refractivity contribution in [2.45, 2.75) is 12.3 Å². The molecule has 0 aliphatic carbocycles. The Hall–Kier alpha value is -2.54. The molecule has 0 spiro atoms. The van der Waals surface area contributed by atoms with Gasteiger partial charge in [0.05, 0.1) is 5.56 Å². The van der Waals surface area contributed by atoms with Crippen LogP contribution in [0.3, 0.4) is 0 Å². The number of pyridine rings is 1. The third-order valence-corrected chi connectivity index (χ3v) is 4.62. The molecule has 23 heavy (non-hydrogen) atoms. The number of hydrogen-bond donors (Lipinski definition) is 0. The lowest BCUT2D eigenvalue weighted by Gasteiger charge is -2.14. The SMILES string of the molecule is O=C(c1ccccn1)N1CC[C@H](c2noc(-c3ccsc3)n2)C1. The average Bonchev–Trinajstić information content (AvgIpc) is 3.34. The fourth-order valence-corrected chi connectivity index (χ4v) is 3.34. The molecule has 1 fully saturated rings. The van der Waals surface area contributed by atoms with Gasteiger partial charge in [-0.25, -0.2) is 0 Å². The molecule has 1 saturated heterocycles. The summed E-state index contributed by atoms with van der Waals surface area (Å²) >= 11 is 1.59. The lowest BCUT2D eigenvalue weighted by Crippen LogP contribution is -2.29. The van der Waals surface area contributed by atoms with E-state index in [4.69, 9.17) is 4.52 Å². The molecule has 1 aliphatic rings. The van der Waals surface area contributed by atoms with Crippen LogP contribution in [0.25, 0.3) is 11.5 Å². The molecule has 1 atom stereocenters. The van der Waals surface area contributed by atoms with Crippen molar-refractivity contribution in [1.82, 2.24) is 20.0 Å². The highest BCUT2D eigenvalue weighted by atomic mass is 32.1. The highest BCUT2D eigenvalue weighted by Crippen LogP contribution is 2.28. The smallest absolute Gasteiger partial charge is 0.272 e. The van der Waals surface area contributed by atoms with E-state index in [1.54, 1.807) is 34.6 Å². The maximum atomic E-state index is 12.4. The molecule has 4 heterocycles. The molecule has 1 aliphatic heterocycles. The normalized spacial score (nSPS) is 17.6. The van der Waals surface area contributed by atoms with E-state index in [1.165, 1.54) is 0 Å². The monoisotopic (exact) mass is 326 g/mol. The Bertz CT molecular complexity index is 801. The van der Waals surface area contributed by atoms with Crippen LogP contribution in [0.15, 0.2) is 45.7 Å². The van der Waals surface area contributed by atoms with Gasteiger partial charge in [0.15, 0.2) is 5.82 Å². The van der Waals surface area contributed by atoms with E-state index in [-0.39, 0.29) is 11.8 Å². The molecule has 1 amide bonds. The largest absolute Gasteiger partial charge is 0.337 e. The molecule has 3 aromatic rings. The molecule has 0 saturated carbocycles. The van der Waals surface area contributed by atoms with Crippen molar-refractivity contribution < 1.29 is 9.32 Å². The maximum absolute atomic E-state index is 12.4. The number of carbonyl (C=O) groups excluding carboxylic acids is 1. The molecule has 4 rings (SSSR count). The molecule has 0 radical (unpaired) electrons. The number of rotatable bonds is 3. The van der Waals surface area contributed by atoms with Crippen LogP contribution in [-0.4, -0.2) is 39.0 Å². The van der Waals surface area contributed by atoms with E-state index in [1.807, 2.05) is 22.9 Å². The predicted molar refractivity (Wildman–Crippen MR) is 85.1 cm³/mol. The number of thiophene rings is 1. The summed E-state index contributed by atoms with van der Waals surface area (Å²) in [6, 6.07) is 7.31. The van der Waals surface area contributed by atoms with Crippen molar-refractivity contribution in [2.24, 2.45) is 0 Å². The molecule has 0 aromatic carbocycles. The topological polar surface area (TPSA) is 72.1 Å². The molecule has 116 valence electrons. The fourth-order valence-electron chi connectivity index (χ4n) is 2.71. The molecule has 6 nitrogen and oxygen atoms in total. The van der Waals surface area contributed by atoms with Crippen molar-refractivity contribution in [3.8, 4) is 11.5 Å². The summed E-state index contributed by atoms with van der Waals surface area (Å²) in [7, 11) is 0. The van der Waals surface area contributed by atoms with Crippen LogP contribution in [-0.2, 0) is 0 Å². The summed E-state index contributed by atoms with van der Waals surface area (Å²) in [5.74, 6) is 1.27. The third kappa shape index (κ3) is 2.75. The molecule has 7 heteroatoms. The third-order valence-electron chi connectivity index (χ3n) is 3.93. The quantitative estimate of drug-likeness (QED) is 0.740. The first-order valence-electron chi connectivity index (χ1n) is 7.38. The summed E-state index contributed by atoms with van der Waals surface area (Å²) in [5, 5.41) is 8.03. The molecular formula is C16H14N4O2S. The van der Waals surface area contributed by atoms with Gasteiger partial charge in [0.1, 0.15) is 5.69 Å². The van der Waals surface area contributed by atoms with E-state index in [0.717, 1.165) is 12.0 Å². The van der Waals surface area contributed by atoms with Gasteiger partial charge < -0.3 is 9.42 Å². The summed E-state index contributed by atoms with van der Waals surface area (Å²) in [5.41, 5.74) is 1.41.